The molecule has 9 heteroatoms. The zero-order valence-electron chi connectivity index (χ0n) is 11.4. The molecule has 0 amide bonds. The summed E-state index contributed by atoms with van der Waals surface area (Å²) in [6.07, 6.45) is -0.529. The molecule has 1 atom stereocenters. The van der Waals surface area contributed by atoms with Crippen LogP contribution in [0.25, 0.3) is 0 Å². The maximum atomic E-state index is 11.3. The first-order valence-electron chi connectivity index (χ1n) is 5.88. The molecule has 21 heavy (non-hydrogen) atoms. The van der Waals surface area contributed by atoms with E-state index < -0.39 is 18.0 Å². The Balaban J connectivity index is 3.78. The number of aliphatic hydroxyl groups excluding tert-OH is 2. The molecule has 0 saturated heterocycles. The van der Waals surface area contributed by atoms with Crippen LogP contribution in [0.2, 0.25) is 0 Å². The van der Waals surface area contributed by atoms with Crippen molar-refractivity contribution in [3.8, 4) is 0 Å². The number of aliphatic hydroxyl groups is 2. The predicted molar refractivity (Wildman–Crippen MR) is 67.3 cm³/mol. The number of hydrogen-bond acceptors (Lipinski definition) is 9. The average Bonchev–Trinajstić information content (AvgIpc) is 2.49. The van der Waals surface area contributed by atoms with Crippen LogP contribution >= 0.6 is 0 Å². The first-order chi connectivity index (χ1) is 10.0. The Morgan fingerprint density at radius 1 is 1.14 bits per heavy atom. The molecule has 0 fully saturated rings. The molecule has 0 bridgehead atoms. The van der Waals surface area contributed by atoms with E-state index in [1.54, 1.807) is 0 Å². The van der Waals surface area contributed by atoms with Gasteiger partial charge in [0.25, 0.3) is 0 Å². The molecule has 0 aromatic carbocycles. The van der Waals surface area contributed by atoms with Crippen LogP contribution in [0.5, 0.6) is 0 Å². The molecule has 0 aliphatic heterocycles. The first kappa shape index (κ1) is 19.2. The smallest absolute Gasteiger partial charge is 0.375 e. The van der Waals surface area contributed by atoms with Crippen LogP contribution in [0.3, 0.4) is 0 Å². The number of carbonyl (C=O) groups excluding carboxylic acids is 2. The van der Waals surface area contributed by atoms with Crippen LogP contribution in [0.4, 0.5) is 0 Å². The van der Waals surface area contributed by atoms with Gasteiger partial charge in [-0.15, -0.1) is 0 Å². The second kappa shape index (κ2) is 12.0. The van der Waals surface area contributed by atoms with Gasteiger partial charge in [-0.3, -0.25) is 9.78 Å². The van der Waals surface area contributed by atoms with E-state index in [1.165, 1.54) is 0 Å². The van der Waals surface area contributed by atoms with Gasteiger partial charge in [0, 0.05) is 11.1 Å². The van der Waals surface area contributed by atoms with E-state index in [0.29, 0.717) is 0 Å². The SMILES string of the molecule is C=CC(=O)OOOC(=O)C(=C)C(O)COCCOCCO. The highest BCUT2D eigenvalue weighted by molar-refractivity contribution is 5.88. The number of hydrogen-bond donors (Lipinski definition) is 2. The lowest BCUT2D eigenvalue weighted by atomic mass is 10.2. The lowest BCUT2D eigenvalue weighted by molar-refractivity contribution is -0.456. The summed E-state index contributed by atoms with van der Waals surface area (Å²) in [5, 5.41) is 21.9. The molecular formula is C12H18O9. The quantitative estimate of drug-likeness (QED) is 0.203. The van der Waals surface area contributed by atoms with Crippen molar-refractivity contribution in [3.63, 3.8) is 0 Å². The van der Waals surface area contributed by atoms with E-state index in [-0.39, 0.29) is 38.6 Å². The minimum Gasteiger partial charge on any atom is -0.394 e. The first-order valence-corrected chi connectivity index (χ1v) is 5.88. The van der Waals surface area contributed by atoms with E-state index >= 15 is 0 Å². The van der Waals surface area contributed by atoms with Crippen molar-refractivity contribution in [1.29, 1.82) is 0 Å². The topological polar surface area (TPSA) is 121 Å². The lowest BCUT2D eigenvalue weighted by Crippen LogP contribution is -2.25. The normalized spacial score (nSPS) is 11.5. The molecule has 0 radical (unpaired) electrons. The summed E-state index contributed by atoms with van der Waals surface area (Å²) in [5.41, 5.74) is -0.346. The third kappa shape index (κ3) is 9.71. The summed E-state index contributed by atoms with van der Waals surface area (Å²) in [6.45, 7) is 6.64. The van der Waals surface area contributed by atoms with Gasteiger partial charge in [0.1, 0.15) is 6.10 Å². The minimum atomic E-state index is -1.32. The molecule has 0 aromatic rings. The molecule has 120 valence electrons. The van der Waals surface area contributed by atoms with Crippen molar-refractivity contribution in [2.45, 2.75) is 6.10 Å². The van der Waals surface area contributed by atoms with Crippen LogP contribution in [-0.2, 0) is 33.9 Å². The van der Waals surface area contributed by atoms with Gasteiger partial charge >= 0.3 is 11.9 Å². The van der Waals surface area contributed by atoms with Gasteiger partial charge in [0.2, 0.25) is 0 Å². The maximum Gasteiger partial charge on any atom is 0.375 e. The average molecular weight is 306 g/mol. The maximum absolute atomic E-state index is 11.3. The molecule has 0 spiro atoms. The molecule has 0 rings (SSSR count). The van der Waals surface area contributed by atoms with E-state index in [2.05, 4.69) is 28.0 Å². The summed E-state index contributed by atoms with van der Waals surface area (Å²) in [6, 6.07) is 0. The van der Waals surface area contributed by atoms with Gasteiger partial charge in [0.15, 0.2) is 0 Å². The summed E-state index contributed by atoms with van der Waals surface area (Å²) in [5.74, 6) is -2.08. The molecule has 0 aromatic heterocycles. The third-order valence-electron chi connectivity index (χ3n) is 1.94. The van der Waals surface area contributed by atoms with Gasteiger partial charge in [-0.05, 0) is 0 Å². The fourth-order valence-electron chi connectivity index (χ4n) is 0.885. The summed E-state index contributed by atoms with van der Waals surface area (Å²) < 4.78 is 9.92. The van der Waals surface area contributed by atoms with E-state index in [1.807, 2.05) is 0 Å². The van der Waals surface area contributed by atoms with E-state index in [9.17, 15) is 14.7 Å². The molecule has 2 N–H and O–H groups in total. The summed E-state index contributed by atoms with van der Waals surface area (Å²) in [7, 11) is 0. The highest BCUT2D eigenvalue weighted by atomic mass is 17.5. The highest BCUT2D eigenvalue weighted by Gasteiger charge is 2.20. The van der Waals surface area contributed by atoms with Crippen molar-refractivity contribution in [2.75, 3.05) is 33.0 Å². The van der Waals surface area contributed by atoms with Gasteiger partial charge in [0.05, 0.1) is 38.6 Å². The van der Waals surface area contributed by atoms with Crippen LogP contribution < -0.4 is 0 Å². The van der Waals surface area contributed by atoms with Gasteiger partial charge < -0.3 is 19.7 Å². The van der Waals surface area contributed by atoms with Gasteiger partial charge in [-0.1, -0.05) is 13.2 Å². The zero-order chi connectivity index (χ0) is 16.1. The molecule has 0 heterocycles. The highest BCUT2D eigenvalue weighted by Crippen LogP contribution is 2.04. The van der Waals surface area contributed by atoms with Gasteiger partial charge in [-0.2, -0.15) is 0 Å². The van der Waals surface area contributed by atoms with Crippen LogP contribution in [0, 0.1) is 0 Å². The van der Waals surface area contributed by atoms with Crippen molar-refractivity contribution >= 4 is 11.9 Å². The molecule has 0 aliphatic rings. The van der Waals surface area contributed by atoms with Crippen molar-refractivity contribution in [2.24, 2.45) is 0 Å². The second-order valence-electron chi connectivity index (χ2n) is 3.50. The Morgan fingerprint density at radius 3 is 2.43 bits per heavy atom. The van der Waals surface area contributed by atoms with E-state index in [4.69, 9.17) is 14.6 Å². The summed E-state index contributed by atoms with van der Waals surface area (Å²) in [4.78, 5) is 29.9. The van der Waals surface area contributed by atoms with Crippen LogP contribution in [-0.4, -0.2) is 61.3 Å². The van der Waals surface area contributed by atoms with Gasteiger partial charge in [-0.25, -0.2) is 9.59 Å². The Kier molecular flexibility index (Phi) is 11.0. The lowest BCUT2D eigenvalue weighted by Gasteiger charge is -2.12. The van der Waals surface area contributed by atoms with Crippen molar-refractivity contribution < 1.29 is 44.1 Å². The number of carbonyl (C=O) groups is 2. The Morgan fingerprint density at radius 2 is 1.81 bits per heavy atom. The Labute approximate surface area is 121 Å². The number of ether oxygens (including phenoxy) is 2. The molecule has 0 saturated carbocycles. The molecule has 1 unspecified atom stereocenters. The monoisotopic (exact) mass is 306 g/mol. The summed E-state index contributed by atoms with van der Waals surface area (Å²) >= 11 is 0. The van der Waals surface area contributed by atoms with Crippen molar-refractivity contribution in [3.05, 3.63) is 24.8 Å². The van der Waals surface area contributed by atoms with Crippen molar-refractivity contribution in [1.82, 2.24) is 0 Å². The predicted octanol–water partition coefficient (Wildman–Crippen LogP) is -0.952. The Bertz CT molecular complexity index is 353. The minimum absolute atomic E-state index is 0.0955. The fourth-order valence-corrected chi connectivity index (χ4v) is 0.885. The largest absolute Gasteiger partial charge is 0.394 e. The third-order valence-corrected chi connectivity index (χ3v) is 1.94. The molecular weight excluding hydrogens is 288 g/mol. The second-order valence-corrected chi connectivity index (χ2v) is 3.50. The van der Waals surface area contributed by atoms with E-state index in [0.717, 1.165) is 6.08 Å². The van der Waals surface area contributed by atoms with Crippen LogP contribution in [0.1, 0.15) is 0 Å². The Hall–Kier alpha value is -1.78. The van der Waals surface area contributed by atoms with Crippen LogP contribution in [0.15, 0.2) is 24.8 Å². The zero-order valence-corrected chi connectivity index (χ0v) is 11.4. The molecule has 9 nitrogen and oxygen atoms in total. The molecule has 0 aliphatic carbocycles. The standard InChI is InChI=1S/C12H18O9/c1-3-11(15)19-21-20-12(16)9(2)10(14)8-18-7-6-17-5-4-13/h3,10,13-14H,1-2,4-8H2. The number of rotatable bonds is 12. The fraction of sp³-hybridized carbons (Fsp3) is 0.500.